The van der Waals surface area contributed by atoms with E-state index in [-0.39, 0.29) is 5.69 Å². The maximum absolute atomic E-state index is 13.8. The Morgan fingerprint density at radius 3 is 2.45 bits per heavy atom. The van der Waals surface area contributed by atoms with Crippen LogP contribution in [0.2, 0.25) is 0 Å². The Balaban J connectivity index is 0.000000284. The second-order valence-corrected chi connectivity index (χ2v) is 8.49. The number of rotatable bonds is 7. The standard InChI is InChI=1S/C18H20FN3O.C5H9N.C2H6/c19-16-4-3-15(11-17(16)22-12-23)18(20,8-5-13-1-2-13)14-6-9-21-10-7-14;1-2-6-5-3-4(1)5;1-2/h3-4,6-7,9-13H,1-2,5,8,20H2,(H,22,23);4-6H,1-3H2;1-2H3. The van der Waals surface area contributed by atoms with Gasteiger partial charge in [-0.05, 0) is 79.5 Å². The first-order valence-corrected chi connectivity index (χ1v) is 11.5. The lowest BCUT2D eigenvalue weighted by Gasteiger charge is -2.31. The minimum absolute atomic E-state index is 0.146. The van der Waals surface area contributed by atoms with Crippen molar-refractivity contribution >= 4 is 12.1 Å². The minimum atomic E-state index is -0.724. The highest BCUT2D eigenvalue weighted by molar-refractivity contribution is 5.72. The molecule has 1 aliphatic heterocycles. The van der Waals surface area contributed by atoms with Crippen LogP contribution in [0.15, 0.2) is 42.7 Å². The number of halogens is 1. The van der Waals surface area contributed by atoms with Gasteiger partial charge in [-0.15, -0.1) is 0 Å². The summed E-state index contributed by atoms with van der Waals surface area (Å²) in [5.74, 6) is 1.37. The van der Waals surface area contributed by atoms with Gasteiger partial charge in [0.2, 0.25) is 6.41 Å². The maximum atomic E-state index is 13.8. The zero-order valence-corrected chi connectivity index (χ0v) is 18.6. The molecule has 4 N–H and O–H groups in total. The average molecular weight is 427 g/mol. The van der Waals surface area contributed by atoms with E-state index in [2.05, 4.69) is 15.6 Å². The van der Waals surface area contributed by atoms with Gasteiger partial charge in [-0.1, -0.05) is 32.8 Å². The maximum Gasteiger partial charge on any atom is 0.211 e. The molecule has 5 nitrogen and oxygen atoms in total. The van der Waals surface area contributed by atoms with Crippen LogP contribution < -0.4 is 16.4 Å². The molecule has 0 spiro atoms. The van der Waals surface area contributed by atoms with Crippen molar-refractivity contribution in [2.24, 2.45) is 17.6 Å². The summed E-state index contributed by atoms with van der Waals surface area (Å²) in [6.07, 6.45) is 11.1. The fraction of sp³-hybridized carbons (Fsp3) is 0.520. The van der Waals surface area contributed by atoms with E-state index in [1.165, 1.54) is 38.3 Å². The summed E-state index contributed by atoms with van der Waals surface area (Å²) in [5, 5.41) is 5.79. The SMILES string of the molecule is C1CC2CC2N1.CC.NC(CCC1CC1)(c1ccncc1)c1ccc(F)c(NC=O)c1. The predicted molar refractivity (Wildman–Crippen MR) is 123 cm³/mol. The van der Waals surface area contributed by atoms with E-state index >= 15 is 0 Å². The van der Waals surface area contributed by atoms with Gasteiger partial charge in [0.25, 0.3) is 0 Å². The lowest BCUT2D eigenvalue weighted by Crippen LogP contribution is -2.38. The monoisotopic (exact) mass is 426 g/mol. The number of nitrogens with two attached hydrogens (primary N) is 1. The lowest BCUT2D eigenvalue weighted by atomic mass is 9.79. The number of nitrogens with zero attached hydrogens (tertiary/aromatic N) is 1. The summed E-state index contributed by atoms with van der Waals surface area (Å²) in [7, 11) is 0. The minimum Gasteiger partial charge on any atom is -0.326 e. The summed E-state index contributed by atoms with van der Waals surface area (Å²) in [6.45, 7) is 5.29. The summed E-state index contributed by atoms with van der Waals surface area (Å²) < 4.78 is 13.8. The number of pyridine rings is 1. The van der Waals surface area contributed by atoms with Gasteiger partial charge in [-0.2, -0.15) is 0 Å². The molecule has 168 valence electrons. The third-order valence-corrected chi connectivity index (χ3v) is 6.38. The summed E-state index contributed by atoms with van der Waals surface area (Å²) in [5.41, 5.74) is 7.92. The first-order chi connectivity index (χ1) is 15.1. The molecule has 1 aromatic heterocycles. The zero-order valence-electron chi connectivity index (χ0n) is 18.6. The predicted octanol–water partition coefficient (Wildman–Crippen LogP) is 4.58. The van der Waals surface area contributed by atoms with Gasteiger partial charge in [0, 0.05) is 18.4 Å². The number of hydrogen-bond acceptors (Lipinski definition) is 4. The van der Waals surface area contributed by atoms with Crippen molar-refractivity contribution in [2.45, 2.75) is 64.0 Å². The van der Waals surface area contributed by atoms with Crippen molar-refractivity contribution in [1.82, 2.24) is 10.3 Å². The van der Waals surface area contributed by atoms with Gasteiger partial charge >= 0.3 is 0 Å². The number of anilines is 1. The highest BCUT2D eigenvalue weighted by Gasteiger charge is 2.40. The third-order valence-electron chi connectivity index (χ3n) is 6.38. The van der Waals surface area contributed by atoms with Crippen LogP contribution in [0.25, 0.3) is 0 Å². The van der Waals surface area contributed by atoms with Crippen LogP contribution in [0.1, 0.15) is 63.5 Å². The Morgan fingerprint density at radius 2 is 1.94 bits per heavy atom. The molecule has 1 amide bonds. The molecular weight excluding hydrogens is 391 g/mol. The van der Waals surface area contributed by atoms with Gasteiger partial charge in [0.15, 0.2) is 0 Å². The van der Waals surface area contributed by atoms with Crippen LogP contribution in [0, 0.1) is 17.7 Å². The number of carbonyl (C=O) groups excluding carboxylic acids is 1. The molecular formula is C25H35FN4O. The molecule has 2 aliphatic carbocycles. The van der Waals surface area contributed by atoms with Gasteiger partial charge in [0.1, 0.15) is 5.82 Å². The number of piperidine rings is 1. The summed E-state index contributed by atoms with van der Waals surface area (Å²) in [4.78, 5) is 14.7. The summed E-state index contributed by atoms with van der Waals surface area (Å²) >= 11 is 0. The molecule has 6 heteroatoms. The highest BCUT2D eigenvalue weighted by atomic mass is 19.1. The normalized spacial score (nSPS) is 22.6. The van der Waals surface area contributed by atoms with Crippen molar-refractivity contribution in [3.63, 3.8) is 0 Å². The summed E-state index contributed by atoms with van der Waals surface area (Å²) in [6, 6.07) is 9.41. The molecule has 2 aromatic rings. The first kappa shape index (κ1) is 23.4. The van der Waals surface area contributed by atoms with Crippen molar-refractivity contribution in [3.8, 4) is 0 Å². The Bertz CT molecular complexity index is 835. The van der Waals surface area contributed by atoms with E-state index in [9.17, 15) is 9.18 Å². The van der Waals surface area contributed by atoms with Gasteiger partial charge < -0.3 is 16.4 Å². The second-order valence-electron chi connectivity index (χ2n) is 8.49. The fourth-order valence-corrected chi connectivity index (χ4v) is 4.19. The molecule has 1 aromatic carbocycles. The molecule has 3 unspecified atom stereocenters. The number of nitrogens with one attached hydrogen (secondary N) is 2. The number of carbonyl (C=O) groups is 1. The molecule has 31 heavy (non-hydrogen) atoms. The van der Waals surface area contributed by atoms with Crippen LogP contribution in [0.4, 0.5) is 10.1 Å². The number of amides is 1. The van der Waals surface area contributed by atoms with E-state index in [1.807, 2.05) is 26.0 Å². The Labute approximate surface area is 185 Å². The van der Waals surface area contributed by atoms with Crippen LogP contribution >= 0.6 is 0 Å². The van der Waals surface area contributed by atoms with Crippen molar-refractivity contribution in [3.05, 3.63) is 59.7 Å². The number of hydrogen-bond donors (Lipinski definition) is 3. The molecule has 2 saturated carbocycles. The topological polar surface area (TPSA) is 80.0 Å². The van der Waals surface area contributed by atoms with E-state index in [0.717, 1.165) is 41.8 Å². The molecule has 3 aliphatic rings. The molecule has 0 bridgehead atoms. The largest absolute Gasteiger partial charge is 0.326 e. The van der Waals surface area contributed by atoms with E-state index < -0.39 is 11.4 Å². The van der Waals surface area contributed by atoms with Crippen LogP contribution in [0.5, 0.6) is 0 Å². The quantitative estimate of drug-likeness (QED) is 0.567. The Kier molecular flexibility index (Phi) is 8.15. The second kappa shape index (κ2) is 10.8. The first-order valence-electron chi connectivity index (χ1n) is 11.5. The van der Waals surface area contributed by atoms with E-state index in [4.69, 9.17) is 5.73 Å². The molecule has 5 rings (SSSR count). The molecule has 0 radical (unpaired) electrons. The molecule has 3 fully saturated rings. The van der Waals surface area contributed by atoms with E-state index in [1.54, 1.807) is 24.5 Å². The van der Waals surface area contributed by atoms with Gasteiger partial charge in [0.05, 0.1) is 11.2 Å². The molecule has 3 atom stereocenters. The van der Waals surface area contributed by atoms with Crippen LogP contribution in [-0.2, 0) is 10.3 Å². The average Bonchev–Trinajstić information content (AvgIpc) is 3.75. The zero-order chi connectivity index (χ0) is 22.3. The van der Waals surface area contributed by atoms with Crippen LogP contribution in [0.3, 0.4) is 0 Å². The molecule has 2 heterocycles. The van der Waals surface area contributed by atoms with Crippen molar-refractivity contribution < 1.29 is 9.18 Å². The number of fused-ring (bicyclic) bond motifs is 1. The van der Waals surface area contributed by atoms with Gasteiger partial charge in [-0.25, -0.2) is 4.39 Å². The third kappa shape index (κ3) is 6.11. The highest BCUT2D eigenvalue weighted by Crippen LogP contribution is 2.40. The van der Waals surface area contributed by atoms with Crippen molar-refractivity contribution in [1.29, 1.82) is 0 Å². The Hall–Kier alpha value is -2.31. The molecule has 1 saturated heterocycles. The van der Waals surface area contributed by atoms with Crippen LogP contribution in [-0.4, -0.2) is 24.0 Å². The lowest BCUT2D eigenvalue weighted by molar-refractivity contribution is -0.105. The van der Waals surface area contributed by atoms with Crippen molar-refractivity contribution in [2.75, 3.05) is 11.9 Å². The van der Waals surface area contributed by atoms with E-state index in [0.29, 0.717) is 6.41 Å². The Morgan fingerprint density at radius 1 is 1.19 bits per heavy atom. The number of benzene rings is 1. The van der Waals surface area contributed by atoms with Gasteiger partial charge in [-0.3, -0.25) is 9.78 Å². The number of aromatic nitrogens is 1. The smallest absolute Gasteiger partial charge is 0.211 e. The fourth-order valence-electron chi connectivity index (χ4n) is 4.19.